The maximum absolute atomic E-state index is 14.4. The van der Waals surface area contributed by atoms with Crippen LogP contribution in [0.3, 0.4) is 0 Å². The van der Waals surface area contributed by atoms with Crippen molar-refractivity contribution in [1.82, 2.24) is 31.1 Å². The molecule has 2 unspecified atom stereocenters. The van der Waals surface area contributed by atoms with Crippen LogP contribution < -0.4 is 27.0 Å². The molecular formula is C119H151N7O23. The predicted octanol–water partition coefficient (Wildman–Crippen LogP) is 17.7. The zero-order chi connectivity index (χ0) is 108. The first-order chi connectivity index (χ1) is 71.0. The summed E-state index contributed by atoms with van der Waals surface area (Å²) >= 11 is 0. The number of fused-ring (bicyclic) bond motifs is 4. The summed E-state index contributed by atoms with van der Waals surface area (Å²) in [5.74, 6) is -7.39. The van der Waals surface area contributed by atoms with E-state index < -0.39 is 136 Å². The number of carboxylic acid groups (broad SMARTS) is 1. The Morgan fingerprint density at radius 3 is 1.17 bits per heavy atom. The molecule has 2 fully saturated rings. The molecule has 6 aromatic rings. The van der Waals surface area contributed by atoms with Crippen molar-refractivity contribution in [2.75, 3.05) is 32.7 Å². The van der Waals surface area contributed by atoms with Crippen molar-refractivity contribution in [2.45, 2.75) is 286 Å². The van der Waals surface area contributed by atoms with E-state index in [0.717, 1.165) is 35.1 Å². The first-order valence-corrected chi connectivity index (χ1v) is 52.7. The number of benzene rings is 6. The van der Waals surface area contributed by atoms with Crippen molar-refractivity contribution >= 4 is 106 Å². The number of rotatable bonds is 48. The quantitative estimate of drug-likeness (QED) is 0.00679. The predicted molar refractivity (Wildman–Crippen MR) is 565 cm³/mol. The molecule has 6 aliphatic rings. The number of nitrogens with zero attached hydrogens (tertiary/aromatic N) is 2. The number of hydrogen-bond donors (Lipinski definition) is 6. The van der Waals surface area contributed by atoms with Gasteiger partial charge in [0, 0.05) is 105 Å². The van der Waals surface area contributed by atoms with E-state index in [4.69, 9.17) is 34.2 Å². The SMILES string of the molecule is CC(C)C[C@H](C)/C=C/[C@H](Cc1ccccc1)C(=O)N1CCC[C@H]1C(=O)C[C@H](C(=O)N[C@@H](CCCNC(=O)OCc1ccccc1)C(=O)CCCC(=O)OC1CC2=C(OC1(C)C)c1ccccc1C(=O)C2=O)C(C)C.CC(C)C[C@H](C)/C=C/[C@H](Cc1ccccc1)C(=O)N1CCC[C@H]1C(=O)C[C@H](C(=O)N[C@@H](CCCNC(=O)OCc1ccccc1)C(=O)O)C(C)C.CC1(C)OC2=C(CC1OC(=O)CCN)C(=O)C(=O)c1ccccc12. The molecule has 0 bridgehead atoms. The number of amides is 6. The number of carboxylic acids is 1. The van der Waals surface area contributed by atoms with E-state index in [1.54, 1.807) is 86.0 Å². The Balaban J connectivity index is 0.000000259. The minimum atomic E-state index is -1.20. The Labute approximate surface area is 875 Å². The minimum absolute atomic E-state index is 0.0213. The molecule has 6 aromatic carbocycles. The van der Waals surface area contributed by atoms with Crippen LogP contribution in [-0.2, 0) is 112 Å². The van der Waals surface area contributed by atoms with Crippen LogP contribution in [0.25, 0.3) is 11.5 Å². The molecule has 4 heterocycles. The number of nitrogens with one attached hydrogen (secondary N) is 4. The highest BCUT2D eigenvalue weighted by atomic mass is 16.6. The third-order valence-corrected chi connectivity index (χ3v) is 27.9. The summed E-state index contributed by atoms with van der Waals surface area (Å²) in [5.41, 5.74) is 9.36. The summed E-state index contributed by atoms with van der Waals surface area (Å²) in [5, 5.41) is 20.7. The lowest BCUT2D eigenvalue weighted by atomic mass is 9.81. The Morgan fingerprint density at radius 1 is 0.443 bits per heavy atom. The second kappa shape index (κ2) is 56.7. The van der Waals surface area contributed by atoms with E-state index in [1.165, 1.54) is 0 Å². The lowest BCUT2D eigenvalue weighted by Gasteiger charge is -2.41. The van der Waals surface area contributed by atoms with Crippen LogP contribution in [0.2, 0.25) is 0 Å². The summed E-state index contributed by atoms with van der Waals surface area (Å²) in [6.07, 6.45) is 11.4. The monoisotopic (exact) mass is 2050 g/mol. The zero-order valence-corrected chi connectivity index (χ0v) is 88.7. The molecule has 30 heteroatoms. The van der Waals surface area contributed by atoms with Gasteiger partial charge in [-0.25, -0.2) is 14.4 Å². The molecule has 7 N–H and O–H groups in total. The number of allylic oxidation sites excluding steroid dienone is 2. The van der Waals surface area contributed by atoms with Gasteiger partial charge in [0.1, 0.15) is 54.2 Å². The largest absolute Gasteiger partial charge is 0.483 e. The average Bonchev–Trinajstić information content (AvgIpc) is 1.37. The zero-order valence-electron chi connectivity index (χ0n) is 88.7. The lowest BCUT2D eigenvalue weighted by Crippen LogP contribution is -2.48. The number of ketones is 7. The fourth-order valence-electron chi connectivity index (χ4n) is 19.7. The number of esters is 2. The molecule has 12 rings (SSSR count). The number of aliphatic carboxylic acids is 1. The summed E-state index contributed by atoms with van der Waals surface area (Å²) in [7, 11) is 0. The number of carbonyl (C=O) groups is 16. The van der Waals surface area contributed by atoms with Gasteiger partial charge in [-0.3, -0.25) is 62.3 Å². The van der Waals surface area contributed by atoms with Crippen LogP contribution in [0.1, 0.15) is 267 Å². The maximum atomic E-state index is 14.4. The first kappa shape index (κ1) is 117. The Kier molecular flexibility index (Phi) is 44.6. The number of Topliss-reactive ketones (excluding diaryl/α,β-unsaturated/α-hetero) is 7. The molecule has 12 atom stereocenters. The molecule has 2 aliphatic carbocycles. The van der Waals surface area contributed by atoms with Crippen molar-refractivity contribution in [1.29, 1.82) is 0 Å². The van der Waals surface area contributed by atoms with Gasteiger partial charge in [0.25, 0.3) is 0 Å². The van der Waals surface area contributed by atoms with Crippen LogP contribution in [0.4, 0.5) is 9.59 Å². The van der Waals surface area contributed by atoms with Gasteiger partial charge < -0.3 is 70.3 Å². The molecule has 0 radical (unpaired) electrons. The number of alkyl carbamates (subject to hydrolysis) is 2. The van der Waals surface area contributed by atoms with Crippen molar-refractivity contribution < 1.29 is 110 Å². The normalized spacial score (nSPS) is 18.6. The lowest BCUT2D eigenvalue weighted by molar-refractivity contribution is -0.164. The molecule has 0 saturated carbocycles. The Morgan fingerprint density at radius 2 is 0.799 bits per heavy atom. The molecule has 30 nitrogen and oxygen atoms in total. The number of hydrogen-bond acceptors (Lipinski definition) is 23. The van der Waals surface area contributed by atoms with Gasteiger partial charge in [0.15, 0.2) is 17.3 Å². The van der Waals surface area contributed by atoms with Gasteiger partial charge in [-0.1, -0.05) is 263 Å². The fraction of sp³-hybridized carbons (Fsp3) is 0.496. The Hall–Kier alpha value is -13.6. The van der Waals surface area contributed by atoms with E-state index >= 15 is 0 Å². The van der Waals surface area contributed by atoms with Gasteiger partial charge in [0.2, 0.25) is 46.8 Å². The smallest absolute Gasteiger partial charge is 0.407 e. The van der Waals surface area contributed by atoms with Gasteiger partial charge >= 0.3 is 30.1 Å². The van der Waals surface area contributed by atoms with E-state index in [1.807, 2.05) is 161 Å². The fourth-order valence-corrected chi connectivity index (χ4v) is 19.7. The van der Waals surface area contributed by atoms with E-state index in [2.05, 4.69) is 75.0 Å². The summed E-state index contributed by atoms with van der Waals surface area (Å²) < 4.78 is 34.1. The molecule has 0 spiro atoms. The Bertz CT molecular complexity index is 5790. The highest BCUT2D eigenvalue weighted by molar-refractivity contribution is 6.53. The average molecular weight is 2050 g/mol. The molecular weight excluding hydrogens is 1900 g/mol. The number of nitrogens with two attached hydrogens (primary N) is 1. The highest BCUT2D eigenvalue weighted by Gasteiger charge is 2.50. The van der Waals surface area contributed by atoms with Gasteiger partial charge in [0.05, 0.1) is 47.5 Å². The van der Waals surface area contributed by atoms with Crippen LogP contribution in [-0.4, -0.2) is 189 Å². The second-order valence-electron chi connectivity index (χ2n) is 42.4. The third kappa shape index (κ3) is 34.5. The maximum Gasteiger partial charge on any atom is 0.407 e. The number of likely N-dealkylation sites (tertiary alicyclic amines) is 2. The molecule has 149 heavy (non-hydrogen) atoms. The molecule has 800 valence electrons. The van der Waals surface area contributed by atoms with E-state index in [-0.39, 0.29) is 167 Å². The van der Waals surface area contributed by atoms with Crippen LogP contribution in [0, 0.1) is 59.2 Å². The van der Waals surface area contributed by atoms with Crippen molar-refractivity contribution in [3.63, 3.8) is 0 Å². The van der Waals surface area contributed by atoms with Crippen LogP contribution in [0.5, 0.6) is 0 Å². The highest BCUT2D eigenvalue weighted by Crippen LogP contribution is 2.45. The van der Waals surface area contributed by atoms with Crippen LogP contribution in [0.15, 0.2) is 205 Å². The molecule has 0 aromatic heterocycles. The first-order valence-electron chi connectivity index (χ1n) is 52.7. The summed E-state index contributed by atoms with van der Waals surface area (Å²) in [6, 6.07) is 48.2. The summed E-state index contributed by atoms with van der Waals surface area (Å²) in [6.45, 7) is 29.0. The van der Waals surface area contributed by atoms with Gasteiger partial charge in [-0.15, -0.1) is 0 Å². The molecule has 2 saturated heterocycles. The third-order valence-electron chi connectivity index (χ3n) is 27.9. The number of ether oxygens (including phenoxy) is 6. The molecule has 4 aliphatic heterocycles. The molecule has 6 amide bonds. The van der Waals surface area contributed by atoms with Crippen molar-refractivity contribution in [3.05, 3.63) is 250 Å². The second-order valence-corrected chi connectivity index (χ2v) is 42.4. The van der Waals surface area contributed by atoms with Crippen molar-refractivity contribution in [3.8, 4) is 0 Å². The van der Waals surface area contributed by atoms with E-state index in [9.17, 15) is 81.8 Å². The van der Waals surface area contributed by atoms with Crippen LogP contribution >= 0.6 is 0 Å². The summed E-state index contributed by atoms with van der Waals surface area (Å²) in [4.78, 5) is 215. The topological polar surface area (TPSA) is 429 Å². The van der Waals surface area contributed by atoms with Gasteiger partial charge in [-0.05, 0) is 169 Å². The van der Waals surface area contributed by atoms with Gasteiger partial charge in [-0.2, -0.15) is 0 Å². The number of carbonyl (C=O) groups excluding carboxylic acids is 15. The minimum Gasteiger partial charge on any atom is -0.483 e. The standard InChI is InChI=1S/C60H75N3O11.C41H57N3O7.C18H19NO5/c1-38(2)33-40(5)29-30-43(34-41-19-10-8-11-20-41)58(70)63-32-18-26-49(63)51(65)35-46(39(3)4)57(69)62-48(25-17-31-61-59(71)72-37-42-21-12-9-13-22-42)50(64)27-16-28-53(66)73-52-36-47-55(68)54(67)44-23-14-15-24-45(44)56(47)74-60(52,6)7;1-28(2)24-30(5)20-21-33(25-31-14-8-6-9-15-31)39(47)44-23-13-19-36(44)37(45)26-34(29(3)4)38(46)43-35(40(48)49)18-12-22-42-41(50)51-27-32-16-10-7-11-17-32;1-18(2)13(23-14(20)7-8-19)9-12-16(22)15(21)10-5-3-4-6-11(10)17(12)24-18/h8-15,19-24,29-30,38-40,43,46,48-49,52H,16-18,25-28,31-37H2,1-7H3,(H,61,71)(H,62,69);6-11,14-17,20-21,28-30,33-36H,12-13,18-19,22-27H2,1-5H3,(H,42,50)(H,43,46)(H,48,49);3-6,13H,7-9,19H2,1-2H3/b30-29+;21-20+;/t40-,43-,46+,48+,49+,52?;30-,33-,34+,35+,36+;/m11./s1. The van der Waals surface area contributed by atoms with Crippen molar-refractivity contribution in [2.24, 2.45) is 64.9 Å². The van der Waals surface area contributed by atoms with E-state index in [0.29, 0.717) is 104 Å².